The van der Waals surface area contributed by atoms with E-state index in [1.165, 1.54) is 17.0 Å². The second kappa shape index (κ2) is 11.5. The zero-order valence-electron chi connectivity index (χ0n) is 18.4. The van der Waals surface area contributed by atoms with Gasteiger partial charge in [-0.15, -0.1) is 0 Å². The number of hydrogen-bond acceptors (Lipinski definition) is 4. The number of carboxylic acids is 1. The molecule has 3 amide bonds. The topological polar surface area (TPSA) is 108 Å². The fourth-order valence-electron chi connectivity index (χ4n) is 3.69. The minimum Gasteiger partial charge on any atom is -0.484 e. The number of benzene rings is 2. The maximum absolute atomic E-state index is 13.4. The number of nitrogens with zero attached hydrogens (tertiary/aromatic N) is 1. The Balaban J connectivity index is 1.45. The lowest BCUT2D eigenvalue weighted by molar-refractivity contribution is -0.138. The molecule has 1 atom stereocenters. The van der Waals surface area contributed by atoms with Crippen LogP contribution >= 0.6 is 11.6 Å². The second-order valence-electron chi connectivity index (χ2n) is 7.75. The molecule has 2 aromatic rings. The van der Waals surface area contributed by atoms with Crippen molar-refractivity contribution in [2.24, 2.45) is 0 Å². The lowest BCUT2D eigenvalue weighted by Gasteiger charge is -2.36. The fraction of sp³-hybridized carbons (Fsp3) is 0.292. The molecule has 1 aliphatic rings. The maximum Gasteiger partial charge on any atom is 0.322 e. The minimum absolute atomic E-state index is 0.0413. The summed E-state index contributed by atoms with van der Waals surface area (Å²) < 4.78 is 18.6. The number of urea groups is 1. The summed E-state index contributed by atoms with van der Waals surface area (Å²) in [6.07, 6.45) is 0.686. The molecule has 0 saturated carbocycles. The van der Waals surface area contributed by atoms with E-state index in [1.807, 2.05) is 24.3 Å². The van der Waals surface area contributed by atoms with Crippen LogP contribution in [0.5, 0.6) is 5.75 Å². The van der Waals surface area contributed by atoms with Crippen molar-refractivity contribution < 1.29 is 28.6 Å². The van der Waals surface area contributed by atoms with Gasteiger partial charge in [-0.1, -0.05) is 42.4 Å². The average Bonchev–Trinajstić information content (AvgIpc) is 2.79. The van der Waals surface area contributed by atoms with E-state index in [-0.39, 0.29) is 36.8 Å². The smallest absolute Gasteiger partial charge is 0.322 e. The molecule has 34 heavy (non-hydrogen) atoms. The monoisotopic (exact) mass is 489 g/mol. The predicted octanol–water partition coefficient (Wildman–Crippen LogP) is 3.66. The third kappa shape index (κ3) is 6.71. The number of aliphatic carboxylic acids is 1. The number of fused-ring (bicyclic) bond motifs is 1. The van der Waals surface area contributed by atoms with E-state index < -0.39 is 29.8 Å². The third-order valence-corrected chi connectivity index (χ3v) is 5.64. The largest absolute Gasteiger partial charge is 0.484 e. The van der Waals surface area contributed by atoms with E-state index in [4.69, 9.17) is 16.3 Å². The standard InChI is InChI=1S/C24H25ClFN3O5/c1-15(8-10-27-22(30)14-34-17-6-7-19(25)20(26)12-17)28-24(33)29-11-9-16-4-2-3-5-18(16)21(29)13-23(31)32/h2-7,12,21H,1,8-11,13-14H2,(H,27,30)(H,28,33)(H,31,32). The van der Waals surface area contributed by atoms with Crippen LogP contribution in [0, 0.1) is 5.82 Å². The van der Waals surface area contributed by atoms with Crippen LogP contribution in [0.25, 0.3) is 0 Å². The summed E-state index contributed by atoms with van der Waals surface area (Å²) in [6.45, 7) is 4.08. The molecule has 180 valence electrons. The highest BCUT2D eigenvalue weighted by molar-refractivity contribution is 6.30. The highest BCUT2D eigenvalue weighted by Gasteiger charge is 2.32. The number of amides is 3. The Labute approximate surface area is 201 Å². The van der Waals surface area contributed by atoms with Crippen LogP contribution in [-0.2, 0) is 16.0 Å². The number of halogens is 2. The van der Waals surface area contributed by atoms with Crippen molar-refractivity contribution in [3.8, 4) is 5.75 Å². The number of hydrogen-bond donors (Lipinski definition) is 3. The first-order valence-electron chi connectivity index (χ1n) is 10.6. The summed E-state index contributed by atoms with van der Waals surface area (Å²) in [5.74, 6) is -1.89. The van der Waals surface area contributed by atoms with Crippen LogP contribution < -0.4 is 15.4 Å². The molecule has 1 aliphatic heterocycles. The quantitative estimate of drug-likeness (QED) is 0.498. The summed E-state index contributed by atoms with van der Waals surface area (Å²) in [4.78, 5) is 37.7. The van der Waals surface area contributed by atoms with Crippen molar-refractivity contribution >= 4 is 29.5 Å². The summed E-state index contributed by atoms with van der Waals surface area (Å²) in [6, 6.07) is 10.3. The van der Waals surface area contributed by atoms with Crippen LogP contribution in [0.4, 0.5) is 9.18 Å². The van der Waals surface area contributed by atoms with Gasteiger partial charge in [-0.05, 0) is 29.7 Å². The number of rotatable bonds is 9. The van der Waals surface area contributed by atoms with E-state index in [9.17, 15) is 23.9 Å². The van der Waals surface area contributed by atoms with Gasteiger partial charge in [-0.25, -0.2) is 9.18 Å². The lowest BCUT2D eigenvalue weighted by Crippen LogP contribution is -2.46. The molecule has 3 N–H and O–H groups in total. The molecular formula is C24H25ClFN3O5. The van der Waals surface area contributed by atoms with Crippen molar-refractivity contribution in [3.05, 3.63) is 76.7 Å². The maximum atomic E-state index is 13.4. The van der Waals surface area contributed by atoms with Gasteiger partial charge in [0.25, 0.3) is 5.91 Å². The number of carbonyl (C=O) groups is 3. The van der Waals surface area contributed by atoms with Crippen molar-refractivity contribution in [1.29, 1.82) is 0 Å². The van der Waals surface area contributed by atoms with E-state index in [0.717, 1.165) is 17.2 Å². The number of ether oxygens (including phenoxy) is 1. The van der Waals surface area contributed by atoms with Gasteiger partial charge in [0.1, 0.15) is 11.6 Å². The van der Waals surface area contributed by atoms with Gasteiger partial charge in [0, 0.05) is 31.3 Å². The molecule has 0 fully saturated rings. The molecule has 0 spiro atoms. The minimum atomic E-state index is -0.996. The van der Waals surface area contributed by atoms with Gasteiger partial charge >= 0.3 is 12.0 Å². The summed E-state index contributed by atoms with van der Waals surface area (Å²) >= 11 is 5.60. The van der Waals surface area contributed by atoms with Gasteiger partial charge in [0.15, 0.2) is 6.61 Å². The molecule has 2 aromatic carbocycles. The molecule has 3 rings (SSSR count). The number of carboxylic acid groups (broad SMARTS) is 1. The summed E-state index contributed by atoms with van der Waals surface area (Å²) in [5, 5.41) is 14.6. The van der Waals surface area contributed by atoms with Crippen LogP contribution in [0.1, 0.15) is 30.0 Å². The SMILES string of the molecule is C=C(CCNC(=O)COc1ccc(Cl)c(F)c1)NC(=O)N1CCc2ccccc2C1CC(=O)O. The van der Waals surface area contributed by atoms with Gasteiger partial charge < -0.3 is 25.4 Å². The van der Waals surface area contributed by atoms with Crippen LogP contribution in [0.2, 0.25) is 5.02 Å². The van der Waals surface area contributed by atoms with Gasteiger partial charge in [-0.2, -0.15) is 0 Å². The third-order valence-electron chi connectivity index (χ3n) is 5.33. The van der Waals surface area contributed by atoms with E-state index in [1.54, 1.807) is 0 Å². The molecule has 0 saturated heterocycles. The van der Waals surface area contributed by atoms with Crippen molar-refractivity contribution in [2.45, 2.75) is 25.3 Å². The lowest BCUT2D eigenvalue weighted by atomic mass is 9.91. The van der Waals surface area contributed by atoms with E-state index >= 15 is 0 Å². The second-order valence-corrected chi connectivity index (χ2v) is 8.16. The molecule has 0 radical (unpaired) electrons. The Bertz CT molecular complexity index is 1090. The van der Waals surface area contributed by atoms with Crippen LogP contribution in [0.3, 0.4) is 0 Å². The molecule has 1 unspecified atom stereocenters. The Hall–Kier alpha value is -3.59. The summed E-state index contributed by atoms with van der Waals surface area (Å²) in [7, 11) is 0. The molecule has 0 aliphatic carbocycles. The van der Waals surface area contributed by atoms with Crippen molar-refractivity contribution in [1.82, 2.24) is 15.5 Å². The number of nitrogens with one attached hydrogen (secondary N) is 2. The molecule has 0 bridgehead atoms. The van der Waals surface area contributed by atoms with Crippen LogP contribution in [0.15, 0.2) is 54.7 Å². The Morgan fingerprint density at radius 1 is 1.24 bits per heavy atom. The number of carbonyl (C=O) groups excluding carboxylic acids is 2. The Kier molecular flexibility index (Phi) is 8.48. The van der Waals surface area contributed by atoms with E-state index in [2.05, 4.69) is 17.2 Å². The van der Waals surface area contributed by atoms with E-state index in [0.29, 0.717) is 18.7 Å². The fourth-order valence-corrected chi connectivity index (χ4v) is 3.80. The average molecular weight is 490 g/mol. The highest BCUT2D eigenvalue weighted by atomic mass is 35.5. The molecule has 0 aromatic heterocycles. The normalized spacial score (nSPS) is 14.6. The summed E-state index contributed by atoms with van der Waals surface area (Å²) in [5.41, 5.74) is 2.23. The first-order chi connectivity index (χ1) is 16.2. The highest BCUT2D eigenvalue weighted by Crippen LogP contribution is 2.32. The first-order valence-corrected chi connectivity index (χ1v) is 11.0. The van der Waals surface area contributed by atoms with Crippen molar-refractivity contribution in [3.63, 3.8) is 0 Å². The Morgan fingerprint density at radius 2 is 2.00 bits per heavy atom. The zero-order chi connectivity index (χ0) is 24.7. The van der Waals surface area contributed by atoms with Gasteiger partial charge in [-0.3, -0.25) is 9.59 Å². The Morgan fingerprint density at radius 3 is 2.74 bits per heavy atom. The predicted molar refractivity (Wildman–Crippen MR) is 124 cm³/mol. The first kappa shape index (κ1) is 25.0. The molecular weight excluding hydrogens is 465 g/mol. The molecule has 8 nitrogen and oxygen atoms in total. The van der Waals surface area contributed by atoms with Gasteiger partial charge in [0.05, 0.1) is 17.5 Å². The van der Waals surface area contributed by atoms with Crippen LogP contribution in [-0.4, -0.2) is 47.6 Å². The van der Waals surface area contributed by atoms with Gasteiger partial charge in [0.2, 0.25) is 0 Å². The van der Waals surface area contributed by atoms with Crippen molar-refractivity contribution in [2.75, 3.05) is 19.7 Å². The molecule has 1 heterocycles. The molecule has 10 heteroatoms. The zero-order valence-corrected chi connectivity index (χ0v) is 19.1.